The van der Waals surface area contributed by atoms with Crippen molar-refractivity contribution in [3.8, 4) is 0 Å². The third kappa shape index (κ3) is 2.65. The minimum Gasteiger partial charge on any atom is -0.327 e. The molecule has 2 aliphatic rings. The van der Waals surface area contributed by atoms with E-state index in [1.807, 2.05) is 0 Å². The summed E-state index contributed by atoms with van der Waals surface area (Å²) in [6.07, 6.45) is -0.624. The number of rotatable bonds is 2. The number of imide groups is 1. The molecule has 0 saturated carbocycles. The Morgan fingerprint density at radius 3 is 2.48 bits per heavy atom. The second-order valence-electron chi connectivity index (χ2n) is 5.42. The van der Waals surface area contributed by atoms with E-state index >= 15 is 0 Å². The molecule has 1 aromatic carbocycles. The summed E-state index contributed by atoms with van der Waals surface area (Å²) in [6.45, 7) is 0.335. The predicted octanol–water partition coefficient (Wildman–Crippen LogP) is 2.62. The Kier molecular flexibility index (Phi) is 4.16. The topological polar surface area (TPSA) is 56.2 Å². The monoisotopic (exact) mass is 374 g/mol. The van der Waals surface area contributed by atoms with Crippen molar-refractivity contribution >= 4 is 52.0 Å². The lowest BCUT2D eigenvalue weighted by molar-refractivity contribution is -0.136. The fourth-order valence-electron chi connectivity index (χ4n) is 2.73. The molecule has 2 heterocycles. The van der Waals surface area contributed by atoms with Gasteiger partial charge in [0.15, 0.2) is 17.5 Å². The quantitative estimate of drug-likeness (QED) is 0.747. The zero-order valence-corrected chi connectivity index (χ0v) is 14.6. The summed E-state index contributed by atoms with van der Waals surface area (Å²) >= 11 is 18.1. The molecule has 3 rings (SSSR count). The highest BCUT2D eigenvalue weighted by atomic mass is 35.5. The van der Waals surface area contributed by atoms with Crippen LogP contribution < -0.4 is 0 Å². The Bertz CT molecular complexity index is 724. The van der Waals surface area contributed by atoms with Crippen molar-refractivity contribution in [2.45, 2.75) is 18.8 Å². The van der Waals surface area contributed by atoms with Gasteiger partial charge in [-0.3, -0.25) is 9.69 Å². The molecule has 2 atom stereocenters. The summed E-state index contributed by atoms with van der Waals surface area (Å²) < 4.78 is 0. The van der Waals surface area contributed by atoms with Gasteiger partial charge in [0, 0.05) is 20.6 Å². The van der Waals surface area contributed by atoms with Crippen LogP contribution in [0, 0.1) is 0 Å². The molecule has 122 valence electrons. The second-order valence-corrected chi connectivity index (χ2v) is 6.58. The van der Waals surface area contributed by atoms with Crippen LogP contribution in [0.5, 0.6) is 0 Å². The lowest BCUT2D eigenvalue weighted by Crippen LogP contribution is -2.63. The lowest BCUT2D eigenvalue weighted by atomic mass is 10.1. The minimum absolute atomic E-state index is 0.189. The Morgan fingerprint density at radius 2 is 1.83 bits per heavy atom. The van der Waals surface area contributed by atoms with E-state index in [-0.39, 0.29) is 11.2 Å². The lowest BCUT2D eigenvalue weighted by Gasteiger charge is -2.39. The molecule has 2 unspecified atom stereocenters. The van der Waals surface area contributed by atoms with Crippen LogP contribution >= 0.6 is 34.8 Å². The average Bonchev–Trinajstić information content (AvgIpc) is 2.84. The molecule has 1 fully saturated rings. The summed E-state index contributed by atoms with van der Waals surface area (Å²) in [6, 6.07) is 4.15. The maximum atomic E-state index is 12.5. The molecule has 0 N–H and O–H groups in total. The molecule has 0 aliphatic carbocycles. The Morgan fingerprint density at radius 1 is 1.13 bits per heavy atom. The molecule has 1 aromatic rings. The first-order chi connectivity index (χ1) is 10.8. The molecule has 3 amide bonds. The van der Waals surface area contributed by atoms with Crippen LogP contribution in [0.15, 0.2) is 23.2 Å². The van der Waals surface area contributed by atoms with E-state index in [1.54, 1.807) is 30.1 Å². The third-order valence-electron chi connectivity index (χ3n) is 4.00. The van der Waals surface area contributed by atoms with E-state index in [9.17, 15) is 9.59 Å². The Balaban J connectivity index is 1.91. The Hall–Kier alpha value is -1.50. The van der Waals surface area contributed by atoms with Gasteiger partial charge in [-0.1, -0.05) is 29.3 Å². The van der Waals surface area contributed by atoms with Gasteiger partial charge in [0.2, 0.25) is 0 Å². The molecule has 1 saturated heterocycles. The van der Waals surface area contributed by atoms with Crippen molar-refractivity contribution in [3.63, 3.8) is 0 Å². The summed E-state index contributed by atoms with van der Waals surface area (Å²) in [5, 5.41) is 1.06. The molecule has 6 nitrogen and oxygen atoms in total. The number of urea groups is 1. The van der Waals surface area contributed by atoms with Crippen LogP contribution in [-0.2, 0) is 11.3 Å². The van der Waals surface area contributed by atoms with Gasteiger partial charge in [-0.15, -0.1) is 0 Å². The third-order valence-corrected chi connectivity index (χ3v) is 5.05. The van der Waals surface area contributed by atoms with Crippen LogP contribution in [0.1, 0.15) is 5.56 Å². The van der Waals surface area contributed by atoms with Gasteiger partial charge in [-0.05, 0) is 29.3 Å². The molecule has 23 heavy (non-hydrogen) atoms. The molecule has 0 spiro atoms. The van der Waals surface area contributed by atoms with Gasteiger partial charge in [-0.2, -0.15) is 0 Å². The highest BCUT2D eigenvalue weighted by Gasteiger charge is 2.50. The highest BCUT2D eigenvalue weighted by molar-refractivity contribution is 6.65. The van der Waals surface area contributed by atoms with E-state index in [2.05, 4.69) is 4.99 Å². The number of amides is 3. The normalized spacial score (nSPS) is 24.2. The molecule has 0 bridgehead atoms. The van der Waals surface area contributed by atoms with Crippen LogP contribution in [0.25, 0.3) is 0 Å². The maximum absolute atomic E-state index is 12.5. The van der Waals surface area contributed by atoms with Gasteiger partial charge in [0.25, 0.3) is 5.91 Å². The average molecular weight is 376 g/mol. The predicted molar refractivity (Wildman–Crippen MR) is 88.8 cm³/mol. The smallest absolute Gasteiger partial charge is 0.327 e. The van der Waals surface area contributed by atoms with E-state index in [0.29, 0.717) is 16.6 Å². The van der Waals surface area contributed by atoms with E-state index in [0.717, 1.165) is 10.5 Å². The van der Waals surface area contributed by atoms with E-state index in [4.69, 9.17) is 34.8 Å². The van der Waals surface area contributed by atoms with Crippen molar-refractivity contribution < 1.29 is 9.59 Å². The number of halogens is 3. The number of fused-ring (bicyclic) bond motifs is 1. The Labute approximate surface area is 148 Å². The first-order valence-electron chi connectivity index (χ1n) is 6.79. The fraction of sp³-hybridized carbons (Fsp3) is 0.357. The molecule has 0 aromatic heterocycles. The van der Waals surface area contributed by atoms with Crippen molar-refractivity contribution in [1.29, 1.82) is 0 Å². The van der Waals surface area contributed by atoms with Gasteiger partial charge in [-0.25, -0.2) is 9.79 Å². The summed E-state index contributed by atoms with van der Waals surface area (Å²) in [5.74, 6) is -0.336. The van der Waals surface area contributed by atoms with Crippen LogP contribution in [0.4, 0.5) is 4.79 Å². The zero-order valence-electron chi connectivity index (χ0n) is 12.3. The van der Waals surface area contributed by atoms with Crippen molar-refractivity contribution in [2.24, 2.45) is 4.99 Å². The standard InChI is InChI=1S/C14H13Cl3N4O2/c1-19-11-10(12(22)20(2)14(19)23)21(13(17)18-11)6-7-3-4-8(15)9(16)5-7/h3-5,10-11H,6H2,1-2H3. The number of carbonyl (C=O) groups excluding carboxylic acids is 2. The first-order valence-corrected chi connectivity index (χ1v) is 7.93. The summed E-state index contributed by atoms with van der Waals surface area (Å²) in [7, 11) is 3.04. The summed E-state index contributed by atoms with van der Waals surface area (Å²) in [5.41, 5.74) is 0.836. The molecule has 9 heteroatoms. The molecular weight excluding hydrogens is 363 g/mol. The van der Waals surface area contributed by atoms with Crippen molar-refractivity contribution in [3.05, 3.63) is 33.8 Å². The molecule has 0 radical (unpaired) electrons. The number of hydrogen-bond acceptors (Lipinski definition) is 4. The number of carbonyl (C=O) groups is 2. The van der Waals surface area contributed by atoms with Crippen LogP contribution in [0.2, 0.25) is 10.0 Å². The first kappa shape index (κ1) is 16.4. The van der Waals surface area contributed by atoms with Crippen LogP contribution in [-0.4, -0.2) is 58.2 Å². The van der Waals surface area contributed by atoms with Gasteiger partial charge in [0.1, 0.15) is 0 Å². The van der Waals surface area contributed by atoms with Crippen molar-refractivity contribution in [1.82, 2.24) is 14.7 Å². The van der Waals surface area contributed by atoms with Gasteiger partial charge < -0.3 is 9.80 Å². The van der Waals surface area contributed by atoms with E-state index in [1.165, 1.54) is 11.9 Å². The summed E-state index contributed by atoms with van der Waals surface area (Å²) in [4.78, 5) is 32.9. The van der Waals surface area contributed by atoms with Gasteiger partial charge in [0.05, 0.1) is 10.0 Å². The highest BCUT2D eigenvalue weighted by Crippen LogP contribution is 2.30. The number of benzene rings is 1. The number of nitrogens with zero attached hydrogens (tertiary/aromatic N) is 4. The maximum Gasteiger partial charge on any atom is 0.328 e. The second kappa shape index (κ2) is 5.85. The van der Waals surface area contributed by atoms with E-state index < -0.39 is 18.2 Å². The fourth-order valence-corrected chi connectivity index (χ4v) is 3.32. The number of amidine groups is 1. The molecule has 2 aliphatic heterocycles. The largest absolute Gasteiger partial charge is 0.328 e. The number of hydrogen-bond donors (Lipinski definition) is 0. The van der Waals surface area contributed by atoms with Crippen LogP contribution in [0.3, 0.4) is 0 Å². The van der Waals surface area contributed by atoms with Crippen molar-refractivity contribution in [2.75, 3.05) is 14.1 Å². The SMILES string of the molecule is CN1C(=O)C2C(N=C(Cl)N2Cc2ccc(Cl)c(Cl)c2)N(C)C1=O. The molecular formula is C14H13Cl3N4O2. The minimum atomic E-state index is -0.648. The zero-order chi connectivity index (χ0) is 16.9. The number of likely N-dealkylation sites (N-methyl/N-ethyl adjacent to an activating group) is 2. The number of aliphatic imine (C=N–C) groups is 1. The van der Waals surface area contributed by atoms with Gasteiger partial charge >= 0.3 is 6.03 Å².